The van der Waals surface area contributed by atoms with E-state index < -0.39 is 0 Å². The summed E-state index contributed by atoms with van der Waals surface area (Å²) in [5, 5.41) is 6.81. The fourth-order valence-corrected chi connectivity index (χ4v) is 1.37. The van der Waals surface area contributed by atoms with Gasteiger partial charge < -0.3 is 5.32 Å². The molecule has 0 saturated heterocycles. The van der Waals surface area contributed by atoms with Crippen molar-refractivity contribution in [2.75, 3.05) is 5.32 Å². The predicted octanol–water partition coefficient (Wildman–Crippen LogP) is 1.98. The highest BCUT2D eigenvalue weighted by Crippen LogP contribution is 2.09. The van der Waals surface area contributed by atoms with Crippen LogP contribution in [0.4, 0.5) is 5.69 Å². The van der Waals surface area contributed by atoms with Crippen molar-refractivity contribution < 1.29 is 4.79 Å². The average molecular weight is 215 g/mol. The molecule has 1 amide bonds. The third-order valence-electron chi connectivity index (χ3n) is 2.26. The predicted molar refractivity (Wildman–Crippen MR) is 62.3 cm³/mol. The van der Waals surface area contributed by atoms with E-state index in [9.17, 15) is 4.79 Å². The van der Waals surface area contributed by atoms with Gasteiger partial charge in [0.2, 0.25) is 0 Å². The molecule has 0 unspecified atom stereocenters. The lowest BCUT2D eigenvalue weighted by atomic mass is 10.2. The molecule has 4 nitrogen and oxygen atoms in total. The van der Waals surface area contributed by atoms with Crippen molar-refractivity contribution in [2.45, 2.75) is 6.92 Å². The molecular formula is C12H13N3O. The second-order valence-corrected chi connectivity index (χ2v) is 3.69. The lowest BCUT2D eigenvalue weighted by Crippen LogP contribution is -2.12. The molecule has 2 aromatic rings. The smallest absolute Gasteiger partial charge is 0.276 e. The minimum absolute atomic E-state index is 0.190. The molecular weight excluding hydrogens is 202 g/mol. The number of carbonyl (C=O) groups excluding carboxylic acids is 1. The first kappa shape index (κ1) is 10.4. The van der Waals surface area contributed by atoms with Gasteiger partial charge in [-0.15, -0.1) is 0 Å². The van der Waals surface area contributed by atoms with Gasteiger partial charge >= 0.3 is 0 Å². The molecule has 0 saturated carbocycles. The maximum atomic E-state index is 11.7. The average Bonchev–Trinajstić information content (AvgIpc) is 2.68. The van der Waals surface area contributed by atoms with Gasteiger partial charge in [0.15, 0.2) is 5.69 Å². The second kappa shape index (κ2) is 4.18. The summed E-state index contributed by atoms with van der Waals surface area (Å²) < 4.78 is 1.60. The Kier molecular flexibility index (Phi) is 2.72. The molecule has 0 atom stereocenters. The van der Waals surface area contributed by atoms with Gasteiger partial charge in [-0.3, -0.25) is 9.48 Å². The maximum absolute atomic E-state index is 11.7. The Hall–Kier alpha value is -2.10. The number of rotatable bonds is 2. The van der Waals surface area contributed by atoms with Gasteiger partial charge in [-0.05, 0) is 25.1 Å². The zero-order valence-electron chi connectivity index (χ0n) is 9.27. The first-order chi connectivity index (χ1) is 7.65. The number of benzene rings is 1. The Balaban J connectivity index is 2.10. The number of amides is 1. The summed E-state index contributed by atoms with van der Waals surface area (Å²) in [5.41, 5.74) is 2.36. The number of aryl methyl sites for hydroxylation is 2. The first-order valence-corrected chi connectivity index (χ1v) is 5.03. The summed E-state index contributed by atoms with van der Waals surface area (Å²) >= 11 is 0. The van der Waals surface area contributed by atoms with Crippen LogP contribution >= 0.6 is 0 Å². The van der Waals surface area contributed by atoms with Crippen molar-refractivity contribution in [1.82, 2.24) is 9.78 Å². The Morgan fingerprint density at radius 3 is 2.50 bits per heavy atom. The van der Waals surface area contributed by atoms with Crippen LogP contribution in [0.2, 0.25) is 0 Å². The summed E-state index contributed by atoms with van der Waals surface area (Å²) in [6, 6.07) is 9.33. The molecule has 4 heteroatoms. The van der Waals surface area contributed by atoms with E-state index in [4.69, 9.17) is 0 Å². The lowest BCUT2D eigenvalue weighted by Gasteiger charge is -2.02. The molecule has 0 aliphatic carbocycles. The van der Waals surface area contributed by atoms with Crippen molar-refractivity contribution >= 4 is 11.6 Å². The number of hydrogen-bond donors (Lipinski definition) is 1. The highest BCUT2D eigenvalue weighted by Gasteiger charge is 2.08. The van der Waals surface area contributed by atoms with Crippen LogP contribution in [0.1, 0.15) is 16.1 Å². The van der Waals surface area contributed by atoms with Crippen LogP contribution in [-0.4, -0.2) is 15.7 Å². The van der Waals surface area contributed by atoms with Crippen molar-refractivity contribution in [3.63, 3.8) is 0 Å². The van der Waals surface area contributed by atoms with Crippen LogP contribution in [0.15, 0.2) is 36.5 Å². The Labute approximate surface area is 93.9 Å². The maximum Gasteiger partial charge on any atom is 0.276 e. The van der Waals surface area contributed by atoms with Crippen molar-refractivity contribution in [2.24, 2.45) is 7.05 Å². The van der Waals surface area contributed by atoms with E-state index in [1.807, 2.05) is 31.2 Å². The molecule has 0 aliphatic heterocycles. The Bertz CT molecular complexity index is 499. The minimum atomic E-state index is -0.190. The van der Waals surface area contributed by atoms with Gasteiger partial charge in [0.1, 0.15) is 0 Å². The van der Waals surface area contributed by atoms with Gasteiger partial charge in [0.25, 0.3) is 5.91 Å². The number of anilines is 1. The summed E-state index contributed by atoms with van der Waals surface area (Å²) in [6.45, 7) is 2.00. The molecule has 0 aliphatic rings. The number of hydrogen-bond acceptors (Lipinski definition) is 2. The van der Waals surface area contributed by atoms with Crippen LogP contribution in [0.5, 0.6) is 0 Å². The van der Waals surface area contributed by atoms with E-state index in [1.54, 1.807) is 24.0 Å². The van der Waals surface area contributed by atoms with Crippen LogP contribution < -0.4 is 5.32 Å². The molecule has 1 aromatic heterocycles. The second-order valence-electron chi connectivity index (χ2n) is 3.69. The molecule has 2 rings (SSSR count). The highest BCUT2D eigenvalue weighted by atomic mass is 16.1. The Morgan fingerprint density at radius 1 is 1.25 bits per heavy atom. The molecule has 1 aromatic carbocycles. The third-order valence-corrected chi connectivity index (χ3v) is 2.26. The van der Waals surface area contributed by atoms with Gasteiger partial charge in [-0.1, -0.05) is 17.7 Å². The number of nitrogens with zero attached hydrogens (tertiary/aromatic N) is 2. The fourth-order valence-electron chi connectivity index (χ4n) is 1.37. The molecule has 1 heterocycles. The molecule has 0 bridgehead atoms. The monoisotopic (exact) mass is 215 g/mol. The number of carbonyl (C=O) groups is 1. The standard InChI is InChI=1S/C12H13N3O/c1-9-3-5-10(6-4-9)13-12(16)11-7-8-15(2)14-11/h3-8H,1-2H3,(H,13,16). The summed E-state index contributed by atoms with van der Waals surface area (Å²) in [5.74, 6) is -0.190. The van der Waals surface area contributed by atoms with Crippen LogP contribution in [-0.2, 0) is 7.05 Å². The fraction of sp³-hybridized carbons (Fsp3) is 0.167. The minimum Gasteiger partial charge on any atom is -0.321 e. The molecule has 0 spiro atoms. The molecule has 0 fully saturated rings. The van der Waals surface area contributed by atoms with E-state index in [1.165, 1.54) is 0 Å². The quantitative estimate of drug-likeness (QED) is 0.832. The SMILES string of the molecule is Cc1ccc(NC(=O)c2ccn(C)n2)cc1. The van der Waals surface area contributed by atoms with Crippen molar-refractivity contribution in [3.8, 4) is 0 Å². The summed E-state index contributed by atoms with van der Waals surface area (Å²) in [6.07, 6.45) is 1.74. The van der Waals surface area contributed by atoms with Crippen LogP contribution in [0.3, 0.4) is 0 Å². The first-order valence-electron chi connectivity index (χ1n) is 5.03. The number of aromatic nitrogens is 2. The molecule has 82 valence electrons. The third kappa shape index (κ3) is 2.28. The summed E-state index contributed by atoms with van der Waals surface area (Å²) in [4.78, 5) is 11.7. The molecule has 16 heavy (non-hydrogen) atoms. The van der Waals surface area contributed by atoms with Gasteiger partial charge in [-0.25, -0.2) is 0 Å². The number of nitrogens with one attached hydrogen (secondary N) is 1. The molecule has 1 N–H and O–H groups in total. The normalized spacial score (nSPS) is 10.1. The van der Waals surface area contributed by atoms with Crippen molar-refractivity contribution in [3.05, 3.63) is 47.8 Å². The largest absolute Gasteiger partial charge is 0.321 e. The zero-order valence-corrected chi connectivity index (χ0v) is 9.27. The van der Waals surface area contributed by atoms with Gasteiger partial charge in [0.05, 0.1) is 0 Å². The van der Waals surface area contributed by atoms with Crippen LogP contribution in [0, 0.1) is 6.92 Å². The van der Waals surface area contributed by atoms with Gasteiger partial charge in [-0.2, -0.15) is 5.10 Å². The Morgan fingerprint density at radius 2 is 1.94 bits per heavy atom. The highest BCUT2D eigenvalue weighted by molar-refractivity contribution is 6.02. The van der Waals surface area contributed by atoms with E-state index in [0.717, 1.165) is 11.3 Å². The molecule has 0 radical (unpaired) electrons. The van der Waals surface area contributed by atoms with E-state index in [2.05, 4.69) is 10.4 Å². The lowest BCUT2D eigenvalue weighted by molar-refractivity contribution is 0.102. The van der Waals surface area contributed by atoms with Gasteiger partial charge in [0, 0.05) is 18.9 Å². The zero-order chi connectivity index (χ0) is 11.5. The van der Waals surface area contributed by atoms with E-state index in [0.29, 0.717) is 5.69 Å². The van der Waals surface area contributed by atoms with Crippen LogP contribution in [0.25, 0.3) is 0 Å². The van der Waals surface area contributed by atoms with Crippen molar-refractivity contribution in [1.29, 1.82) is 0 Å². The van der Waals surface area contributed by atoms with E-state index in [-0.39, 0.29) is 5.91 Å². The van der Waals surface area contributed by atoms with E-state index >= 15 is 0 Å². The topological polar surface area (TPSA) is 46.9 Å². The summed E-state index contributed by atoms with van der Waals surface area (Å²) in [7, 11) is 1.78.